The molecule has 2 rings (SSSR count). The van der Waals surface area contributed by atoms with Crippen LogP contribution in [-0.2, 0) is 0 Å². The summed E-state index contributed by atoms with van der Waals surface area (Å²) in [6.45, 7) is 4.01. The molecule has 0 N–H and O–H groups in total. The number of hydrogen-bond donors (Lipinski definition) is 0. The minimum atomic E-state index is 0.0931. The van der Waals surface area contributed by atoms with Gasteiger partial charge in [-0.3, -0.25) is 0 Å². The third-order valence-electron chi connectivity index (χ3n) is 2.27. The molecule has 0 amide bonds. The van der Waals surface area contributed by atoms with E-state index in [2.05, 4.69) is 31.9 Å². The lowest BCUT2D eigenvalue weighted by Gasteiger charge is -2.30. The average Bonchev–Trinajstić information content (AvgIpc) is 2.11. The van der Waals surface area contributed by atoms with E-state index in [0.717, 1.165) is 20.4 Å². The van der Waals surface area contributed by atoms with E-state index in [4.69, 9.17) is 9.47 Å². The van der Waals surface area contributed by atoms with E-state index in [1.54, 1.807) is 0 Å². The zero-order valence-electron chi connectivity index (χ0n) is 7.88. The van der Waals surface area contributed by atoms with Gasteiger partial charge in [-0.2, -0.15) is 0 Å². The maximum absolute atomic E-state index is 5.70. The van der Waals surface area contributed by atoms with Gasteiger partial charge in [0.25, 0.3) is 0 Å². The van der Waals surface area contributed by atoms with Crippen LogP contribution in [-0.4, -0.2) is 12.2 Å². The molecule has 2 nitrogen and oxygen atoms in total. The molecular weight excluding hydrogens is 312 g/mol. The van der Waals surface area contributed by atoms with Crippen molar-refractivity contribution in [3.05, 3.63) is 21.1 Å². The zero-order chi connectivity index (χ0) is 10.3. The van der Waals surface area contributed by atoms with Crippen LogP contribution in [0.3, 0.4) is 0 Å². The summed E-state index contributed by atoms with van der Waals surface area (Å²) in [6.07, 6.45) is 0.186. The van der Waals surface area contributed by atoms with Crippen LogP contribution in [0.15, 0.2) is 21.1 Å². The lowest BCUT2D eigenvalue weighted by molar-refractivity contribution is 0.0428. The van der Waals surface area contributed by atoms with Gasteiger partial charge in [0.2, 0.25) is 0 Å². The Labute approximate surface area is 99.8 Å². The van der Waals surface area contributed by atoms with Crippen molar-refractivity contribution in [3.63, 3.8) is 0 Å². The minimum Gasteiger partial charge on any atom is -0.483 e. The Hall–Kier alpha value is -0.220. The van der Waals surface area contributed by atoms with Crippen LogP contribution in [0.25, 0.3) is 0 Å². The number of hydrogen-bond acceptors (Lipinski definition) is 2. The van der Waals surface area contributed by atoms with Gasteiger partial charge >= 0.3 is 0 Å². The van der Waals surface area contributed by atoms with E-state index in [0.29, 0.717) is 0 Å². The number of ether oxygens (including phenoxy) is 2. The Morgan fingerprint density at radius 2 is 1.29 bits per heavy atom. The molecule has 0 saturated carbocycles. The smallest absolute Gasteiger partial charge is 0.163 e. The topological polar surface area (TPSA) is 18.5 Å². The summed E-state index contributed by atoms with van der Waals surface area (Å²) in [5.74, 6) is 1.59. The van der Waals surface area contributed by atoms with Crippen LogP contribution in [0.5, 0.6) is 11.5 Å². The Morgan fingerprint density at radius 1 is 0.929 bits per heavy atom. The SMILES string of the molecule is C[C@@H]1Oc2cc(Br)c(Br)cc2O[C@H]1C. The summed E-state index contributed by atoms with van der Waals surface area (Å²) in [5.41, 5.74) is 0. The van der Waals surface area contributed by atoms with Crippen molar-refractivity contribution in [1.29, 1.82) is 0 Å². The van der Waals surface area contributed by atoms with E-state index in [1.807, 2.05) is 26.0 Å². The van der Waals surface area contributed by atoms with Gasteiger partial charge in [0.05, 0.1) is 0 Å². The molecule has 1 aromatic rings. The van der Waals surface area contributed by atoms with E-state index < -0.39 is 0 Å². The van der Waals surface area contributed by atoms with Gasteiger partial charge in [0, 0.05) is 8.95 Å². The summed E-state index contributed by atoms with van der Waals surface area (Å²) in [6, 6.07) is 3.84. The van der Waals surface area contributed by atoms with E-state index in [9.17, 15) is 0 Å². The predicted octanol–water partition coefficient (Wildman–Crippen LogP) is 3.76. The first-order valence-corrected chi connectivity index (χ1v) is 5.99. The molecule has 1 heterocycles. The van der Waals surface area contributed by atoms with Gasteiger partial charge in [0.15, 0.2) is 11.5 Å². The summed E-state index contributed by atoms with van der Waals surface area (Å²) in [7, 11) is 0. The third-order valence-corrected chi connectivity index (χ3v) is 4.12. The molecular formula is C10H10Br2O2. The van der Waals surface area contributed by atoms with Gasteiger partial charge in [0.1, 0.15) is 12.2 Å². The van der Waals surface area contributed by atoms with Crippen molar-refractivity contribution < 1.29 is 9.47 Å². The van der Waals surface area contributed by atoms with Gasteiger partial charge < -0.3 is 9.47 Å². The molecule has 0 spiro atoms. The highest BCUT2D eigenvalue weighted by Crippen LogP contribution is 2.40. The number of fused-ring (bicyclic) bond motifs is 1. The normalized spacial score (nSPS) is 24.9. The van der Waals surface area contributed by atoms with Crippen molar-refractivity contribution in [2.45, 2.75) is 26.1 Å². The fraction of sp³-hybridized carbons (Fsp3) is 0.400. The summed E-state index contributed by atoms with van der Waals surface area (Å²) in [4.78, 5) is 0. The number of rotatable bonds is 0. The molecule has 1 aromatic carbocycles. The molecule has 4 heteroatoms. The Morgan fingerprint density at radius 3 is 1.64 bits per heavy atom. The van der Waals surface area contributed by atoms with Crippen molar-refractivity contribution in [1.82, 2.24) is 0 Å². The molecule has 0 saturated heterocycles. The van der Waals surface area contributed by atoms with Gasteiger partial charge in [-0.1, -0.05) is 0 Å². The van der Waals surface area contributed by atoms with Gasteiger partial charge in [-0.05, 0) is 57.8 Å². The summed E-state index contributed by atoms with van der Waals surface area (Å²) in [5, 5.41) is 0. The molecule has 0 aliphatic carbocycles. The summed E-state index contributed by atoms with van der Waals surface area (Å²) < 4.78 is 13.4. The molecule has 0 radical (unpaired) electrons. The largest absolute Gasteiger partial charge is 0.483 e. The van der Waals surface area contributed by atoms with Crippen molar-refractivity contribution in [2.24, 2.45) is 0 Å². The second kappa shape index (κ2) is 3.74. The van der Waals surface area contributed by atoms with E-state index >= 15 is 0 Å². The standard InChI is InChI=1S/C10H10Br2O2/c1-5-6(2)14-10-4-8(12)7(11)3-9(10)13-5/h3-6H,1-2H3/t5-,6-/m0/s1. The maximum Gasteiger partial charge on any atom is 0.163 e. The first-order valence-electron chi connectivity index (χ1n) is 4.40. The molecule has 2 atom stereocenters. The highest BCUT2D eigenvalue weighted by molar-refractivity contribution is 9.13. The average molecular weight is 322 g/mol. The first-order chi connectivity index (χ1) is 6.58. The molecule has 76 valence electrons. The van der Waals surface area contributed by atoms with Crippen LogP contribution in [0.1, 0.15) is 13.8 Å². The lowest BCUT2D eigenvalue weighted by Crippen LogP contribution is -2.34. The van der Waals surface area contributed by atoms with E-state index in [1.165, 1.54) is 0 Å². The molecule has 1 aliphatic heterocycles. The van der Waals surface area contributed by atoms with Crippen molar-refractivity contribution in [3.8, 4) is 11.5 Å². The second-order valence-electron chi connectivity index (χ2n) is 3.36. The zero-order valence-corrected chi connectivity index (χ0v) is 11.1. The highest BCUT2D eigenvalue weighted by atomic mass is 79.9. The van der Waals surface area contributed by atoms with Crippen LogP contribution < -0.4 is 9.47 Å². The van der Waals surface area contributed by atoms with Gasteiger partial charge in [-0.25, -0.2) is 0 Å². The fourth-order valence-corrected chi connectivity index (χ4v) is 1.93. The predicted molar refractivity (Wildman–Crippen MR) is 62.0 cm³/mol. The molecule has 0 unspecified atom stereocenters. The maximum atomic E-state index is 5.70. The van der Waals surface area contributed by atoms with Crippen LogP contribution in [0.4, 0.5) is 0 Å². The molecule has 14 heavy (non-hydrogen) atoms. The molecule has 1 aliphatic rings. The minimum absolute atomic E-state index is 0.0931. The number of benzene rings is 1. The summed E-state index contributed by atoms with van der Waals surface area (Å²) >= 11 is 6.85. The fourth-order valence-electron chi connectivity index (χ4n) is 1.29. The molecule has 0 fully saturated rings. The Bertz CT molecular complexity index is 330. The molecule has 0 bridgehead atoms. The van der Waals surface area contributed by atoms with Crippen molar-refractivity contribution >= 4 is 31.9 Å². The number of halogens is 2. The quantitative estimate of drug-likeness (QED) is 0.724. The Kier molecular flexibility index (Phi) is 2.75. The van der Waals surface area contributed by atoms with Crippen LogP contribution in [0, 0.1) is 0 Å². The monoisotopic (exact) mass is 320 g/mol. The third kappa shape index (κ3) is 1.77. The second-order valence-corrected chi connectivity index (χ2v) is 5.07. The van der Waals surface area contributed by atoms with Gasteiger partial charge in [-0.15, -0.1) is 0 Å². The lowest BCUT2D eigenvalue weighted by atomic mass is 10.2. The molecule has 0 aromatic heterocycles. The highest BCUT2D eigenvalue weighted by Gasteiger charge is 2.25. The first kappa shape index (κ1) is 10.3. The Balaban J connectivity index is 2.42. The van der Waals surface area contributed by atoms with E-state index in [-0.39, 0.29) is 12.2 Å². The van der Waals surface area contributed by atoms with Crippen molar-refractivity contribution in [2.75, 3.05) is 0 Å². The van der Waals surface area contributed by atoms with Crippen LogP contribution in [0.2, 0.25) is 0 Å². The van der Waals surface area contributed by atoms with Crippen LogP contribution >= 0.6 is 31.9 Å².